The molecule has 1 heterocycles. The number of nitrogens with one attached hydrogen (secondary N) is 1. The van der Waals surface area contributed by atoms with E-state index in [4.69, 9.17) is 15.2 Å². The molecule has 0 bridgehead atoms. The first kappa shape index (κ1) is 22.2. The van der Waals surface area contributed by atoms with Crippen LogP contribution >= 0.6 is 0 Å². The van der Waals surface area contributed by atoms with E-state index in [0.717, 1.165) is 34.9 Å². The predicted molar refractivity (Wildman–Crippen MR) is 125 cm³/mol. The van der Waals surface area contributed by atoms with Gasteiger partial charge in [-0.05, 0) is 45.4 Å². The second-order valence-corrected chi connectivity index (χ2v) is 7.14. The van der Waals surface area contributed by atoms with Gasteiger partial charge in [0.05, 0.1) is 37.7 Å². The zero-order valence-corrected chi connectivity index (χ0v) is 18.7. The molecule has 0 radical (unpaired) electrons. The van der Waals surface area contributed by atoms with Crippen LogP contribution < -0.4 is 20.5 Å². The summed E-state index contributed by atoms with van der Waals surface area (Å²) in [5, 5.41) is 7.83. The maximum Gasteiger partial charge on any atom is 0.193 e. The smallest absolute Gasteiger partial charge is 0.193 e. The summed E-state index contributed by atoms with van der Waals surface area (Å²) in [5.74, 6) is 1.76. The second-order valence-electron chi connectivity index (χ2n) is 7.14. The lowest BCUT2D eigenvalue weighted by atomic mass is 10.2. The van der Waals surface area contributed by atoms with Crippen LogP contribution in [0.5, 0.6) is 11.5 Å². The van der Waals surface area contributed by atoms with E-state index in [-0.39, 0.29) is 0 Å². The number of nitrogens with two attached hydrogens (primary N) is 1. The molecule has 0 saturated carbocycles. The van der Waals surface area contributed by atoms with Crippen molar-refractivity contribution >= 4 is 11.6 Å². The number of anilines is 1. The molecule has 164 valence electrons. The summed E-state index contributed by atoms with van der Waals surface area (Å²) in [5.41, 5.74) is 11.2. The van der Waals surface area contributed by atoms with Gasteiger partial charge in [-0.25, -0.2) is 4.99 Å². The van der Waals surface area contributed by atoms with E-state index in [1.54, 1.807) is 0 Å². The van der Waals surface area contributed by atoms with Crippen LogP contribution in [0.2, 0.25) is 0 Å². The van der Waals surface area contributed by atoms with Crippen LogP contribution in [-0.2, 0) is 13.1 Å². The Hall–Kier alpha value is -3.48. The van der Waals surface area contributed by atoms with Gasteiger partial charge in [0.2, 0.25) is 0 Å². The lowest BCUT2D eigenvalue weighted by Gasteiger charge is -2.14. The monoisotopic (exact) mass is 421 g/mol. The van der Waals surface area contributed by atoms with E-state index in [2.05, 4.69) is 34.5 Å². The van der Waals surface area contributed by atoms with Crippen molar-refractivity contribution in [3.05, 3.63) is 71.0 Å². The first-order valence-electron chi connectivity index (χ1n) is 10.5. The first-order chi connectivity index (χ1) is 15.0. The SMILES string of the molecule is CCOc1ccc(OCC)c(NC(N)=NCc2c(C)nn(Cc3ccccc3)c2C)c1. The highest BCUT2D eigenvalue weighted by atomic mass is 16.5. The first-order valence-corrected chi connectivity index (χ1v) is 10.5. The number of rotatable bonds is 9. The van der Waals surface area contributed by atoms with E-state index in [9.17, 15) is 0 Å². The number of aliphatic imine (C=N–C) groups is 1. The van der Waals surface area contributed by atoms with Crippen LogP contribution in [0.25, 0.3) is 0 Å². The van der Waals surface area contributed by atoms with E-state index < -0.39 is 0 Å². The summed E-state index contributed by atoms with van der Waals surface area (Å²) in [4.78, 5) is 4.54. The molecule has 0 amide bonds. The molecule has 1 aromatic heterocycles. The molecule has 0 aliphatic heterocycles. The molecule has 0 saturated heterocycles. The minimum Gasteiger partial charge on any atom is -0.494 e. The van der Waals surface area contributed by atoms with Gasteiger partial charge in [-0.3, -0.25) is 4.68 Å². The number of aryl methyl sites for hydroxylation is 1. The van der Waals surface area contributed by atoms with Crippen molar-refractivity contribution in [2.75, 3.05) is 18.5 Å². The average Bonchev–Trinajstić information content (AvgIpc) is 3.02. The molecule has 2 aromatic carbocycles. The topological polar surface area (TPSA) is 86.7 Å². The summed E-state index contributed by atoms with van der Waals surface area (Å²) < 4.78 is 13.3. The fourth-order valence-corrected chi connectivity index (χ4v) is 3.36. The lowest BCUT2D eigenvalue weighted by molar-refractivity contribution is 0.332. The van der Waals surface area contributed by atoms with Crippen molar-refractivity contribution in [2.45, 2.75) is 40.8 Å². The Kier molecular flexibility index (Phi) is 7.54. The van der Waals surface area contributed by atoms with Gasteiger partial charge in [-0.1, -0.05) is 30.3 Å². The summed E-state index contributed by atoms with van der Waals surface area (Å²) in [6.07, 6.45) is 0. The molecular weight excluding hydrogens is 390 g/mol. The van der Waals surface area contributed by atoms with Gasteiger partial charge in [-0.15, -0.1) is 0 Å². The zero-order chi connectivity index (χ0) is 22.2. The highest BCUT2D eigenvalue weighted by Gasteiger charge is 2.12. The van der Waals surface area contributed by atoms with Crippen LogP contribution in [0, 0.1) is 13.8 Å². The quantitative estimate of drug-likeness (QED) is 0.398. The highest BCUT2D eigenvalue weighted by Crippen LogP contribution is 2.29. The maximum atomic E-state index is 6.19. The Bertz CT molecular complexity index is 1030. The fraction of sp³-hybridized carbons (Fsp3) is 0.333. The molecule has 3 rings (SSSR count). The Morgan fingerprint density at radius 3 is 2.52 bits per heavy atom. The average molecular weight is 422 g/mol. The third-order valence-electron chi connectivity index (χ3n) is 4.94. The van der Waals surface area contributed by atoms with E-state index in [1.807, 2.05) is 61.9 Å². The van der Waals surface area contributed by atoms with Crippen molar-refractivity contribution < 1.29 is 9.47 Å². The van der Waals surface area contributed by atoms with Crippen LogP contribution in [-0.4, -0.2) is 29.0 Å². The Labute approximate surface area is 183 Å². The van der Waals surface area contributed by atoms with Crippen molar-refractivity contribution in [1.29, 1.82) is 0 Å². The number of ether oxygens (including phenoxy) is 2. The third kappa shape index (κ3) is 5.78. The molecule has 0 aliphatic rings. The minimum absolute atomic E-state index is 0.309. The van der Waals surface area contributed by atoms with Crippen molar-refractivity contribution in [2.24, 2.45) is 10.7 Å². The number of nitrogens with zero attached hydrogens (tertiary/aromatic N) is 3. The lowest BCUT2D eigenvalue weighted by Crippen LogP contribution is -2.23. The molecule has 31 heavy (non-hydrogen) atoms. The number of guanidine groups is 1. The Morgan fingerprint density at radius 2 is 1.81 bits per heavy atom. The maximum absolute atomic E-state index is 6.19. The standard InChI is InChI=1S/C24H31N5O2/c1-5-30-20-12-13-23(31-6-2)22(14-20)27-24(25)26-15-21-17(3)28-29(18(21)4)16-19-10-8-7-9-11-19/h7-14H,5-6,15-16H2,1-4H3,(H3,25,26,27). The normalized spacial score (nSPS) is 11.4. The van der Waals surface area contributed by atoms with E-state index in [1.165, 1.54) is 5.56 Å². The number of hydrogen-bond acceptors (Lipinski definition) is 4. The second kappa shape index (κ2) is 10.5. The van der Waals surface area contributed by atoms with Crippen molar-refractivity contribution in [3.8, 4) is 11.5 Å². The molecule has 0 fully saturated rings. The van der Waals surface area contributed by atoms with Gasteiger partial charge in [0.1, 0.15) is 11.5 Å². The minimum atomic E-state index is 0.309. The molecule has 0 atom stereocenters. The van der Waals surface area contributed by atoms with Gasteiger partial charge >= 0.3 is 0 Å². The van der Waals surface area contributed by atoms with Crippen LogP contribution in [0.4, 0.5) is 5.69 Å². The summed E-state index contributed by atoms with van der Waals surface area (Å²) in [6, 6.07) is 15.9. The molecular formula is C24H31N5O2. The van der Waals surface area contributed by atoms with Gasteiger partial charge in [0.15, 0.2) is 5.96 Å². The summed E-state index contributed by atoms with van der Waals surface area (Å²) >= 11 is 0. The number of aromatic nitrogens is 2. The van der Waals surface area contributed by atoms with Crippen molar-refractivity contribution in [1.82, 2.24) is 9.78 Å². The van der Waals surface area contributed by atoms with Gasteiger partial charge in [-0.2, -0.15) is 5.10 Å². The van der Waals surface area contributed by atoms with E-state index >= 15 is 0 Å². The van der Waals surface area contributed by atoms with Gasteiger partial charge in [0, 0.05) is 17.3 Å². The Morgan fingerprint density at radius 1 is 1.06 bits per heavy atom. The molecule has 0 aliphatic carbocycles. The van der Waals surface area contributed by atoms with Crippen molar-refractivity contribution in [3.63, 3.8) is 0 Å². The van der Waals surface area contributed by atoms with Crippen LogP contribution in [0.15, 0.2) is 53.5 Å². The van der Waals surface area contributed by atoms with E-state index in [0.29, 0.717) is 31.5 Å². The zero-order valence-electron chi connectivity index (χ0n) is 18.7. The fourth-order valence-electron chi connectivity index (χ4n) is 3.36. The molecule has 3 aromatic rings. The molecule has 7 nitrogen and oxygen atoms in total. The molecule has 0 unspecified atom stereocenters. The summed E-state index contributed by atoms with van der Waals surface area (Å²) in [6.45, 7) is 10.3. The highest BCUT2D eigenvalue weighted by molar-refractivity contribution is 5.94. The van der Waals surface area contributed by atoms with Crippen LogP contribution in [0.3, 0.4) is 0 Å². The predicted octanol–water partition coefficient (Wildman–Crippen LogP) is 4.27. The van der Waals surface area contributed by atoms with Gasteiger partial charge in [0.25, 0.3) is 0 Å². The number of hydrogen-bond donors (Lipinski definition) is 2. The van der Waals surface area contributed by atoms with Gasteiger partial charge < -0.3 is 20.5 Å². The Balaban J connectivity index is 1.74. The molecule has 3 N–H and O–H groups in total. The largest absolute Gasteiger partial charge is 0.494 e. The third-order valence-corrected chi connectivity index (χ3v) is 4.94. The number of benzene rings is 2. The molecule has 7 heteroatoms. The summed E-state index contributed by atoms with van der Waals surface area (Å²) in [7, 11) is 0. The van der Waals surface area contributed by atoms with Crippen LogP contribution in [0.1, 0.15) is 36.4 Å². The molecule has 0 spiro atoms.